The Kier molecular flexibility index (Phi) is 4.56. The molecule has 4 nitrogen and oxygen atoms in total. The molecular formula is C16H20N2O2. The smallest absolute Gasteiger partial charge is 0.284 e. The van der Waals surface area contributed by atoms with E-state index in [0.717, 1.165) is 24.2 Å². The minimum atomic E-state index is -0.142. The van der Waals surface area contributed by atoms with Gasteiger partial charge in [0.15, 0.2) is 6.61 Å². The summed E-state index contributed by atoms with van der Waals surface area (Å²) < 4.78 is 6.94. The SMILES string of the molecule is CCCc1c(C)nn(C(=O)COc2ccccc2)c1C. The molecule has 0 radical (unpaired) electrons. The summed E-state index contributed by atoms with van der Waals surface area (Å²) in [5.41, 5.74) is 3.02. The van der Waals surface area contributed by atoms with Crippen molar-refractivity contribution in [3.63, 3.8) is 0 Å². The Hall–Kier alpha value is -2.10. The van der Waals surface area contributed by atoms with Gasteiger partial charge in [0, 0.05) is 5.69 Å². The quantitative estimate of drug-likeness (QED) is 0.839. The molecule has 0 N–H and O–H groups in total. The monoisotopic (exact) mass is 272 g/mol. The van der Waals surface area contributed by atoms with Crippen LogP contribution in [0.4, 0.5) is 0 Å². The first-order chi connectivity index (χ1) is 9.63. The molecule has 4 heteroatoms. The van der Waals surface area contributed by atoms with Gasteiger partial charge in [-0.15, -0.1) is 0 Å². The predicted octanol–water partition coefficient (Wildman–Crippen LogP) is 3.17. The molecule has 1 heterocycles. The molecule has 1 aromatic carbocycles. The van der Waals surface area contributed by atoms with Crippen molar-refractivity contribution in [3.8, 4) is 5.75 Å². The summed E-state index contributed by atoms with van der Waals surface area (Å²) in [6.45, 7) is 6.00. The second kappa shape index (κ2) is 6.37. The summed E-state index contributed by atoms with van der Waals surface area (Å²) in [7, 11) is 0. The minimum Gasteiger partial charge on any atom is -0.484 e. The summed E-state index contributed by atoms with van der Waals surface area (Å²) >= 11 is 0. The Morgan fingerprint density at radius 2 is 1.95 bits per heavy atom. The van der Waals surface area contributed by atoms with E-state index in [1.54, 1.807) is 0 Å². The number of rotatable bonds is 5. The van der Waals surface area contributed by atoms with Crippen molar-refractivity contribution < 1.29 is 9.53 Å². The van der Waals surface area contributed by atoms with Gasteiger partial charge in [-0.2, -0.15) is 5.10 Å². The van der Waals surface area contributed by atoms with Crippen LogP contribution >= 0.6 is 0 Å². The van der Waals surface area contributed by atoms with Crippen molar-refractivity contribution in [2.45, 2.75) is 33.6 Å². The van der Waals surface area contributed by atoms with E-state index < -0.39 is 0 Å². The van der Waals surface area contributed by atoms with Crippen molar-refractivity contribution in [1.82, 2.24) is 9.78 Å². The normalized spacial score (nSPS) is 10.6. The van der Waals surface area contributed by atoms with Crippen LogP contribution < -0.4 is 4.74 Å². The highest BCUT2D eigenvalue weighted by Crippen LogP contribution is 2.15. The highest BCUT2D eigenvalue weighted by molar-refractivity contribution is 5.80. The molecule has 0 aliphatic heterocycles. The number of benzene rings is 1. The topological polar surface area (TPSA) is 44.1 Å². The maximum Gasteiger partial charge on any atom is 0.284 e. The summed E-state index contributed by atoms with van der Waals surface area (Å²) in [6.07, 6.45) is 1.99. The van der Waals surface area contributed by atoms with Crippen molar-refractivity contribution in [2.75, 3.05) is 6.61 Å². The maximum absolute atomic E-state index is 12.2. The Morgan fingerprint density at radius 1 is 1.25 bits per heavy atom. The first-order valence-electron chi connectivity index (χ1n) is 6.89. The molecule has 0 spiro atoms. The molecule has 2 rings (SSSR count). The molecule has 0 aliphatic carbocycles. The molecule has 20 heavy (non-hydrogen) atoms. The molecule has 2 aromatic rings. The molecule has 0 amide bonds. The highest BCUT2D eigenvalue weighted by atomic mass is 16.5. The lowest BCUT2D eigenvalue weighted by Crippen LogP contribution is -2.21. The fourth-order valence-corrected chi connectivity index (χ4v) is 2.25. The van der Waals surface area contributed by atoms with E-state index in [2.05, 4.69) is 12.0 Å². The molecule has 0 bridgehead atoms. The van der Waals surface area contributed by atoms with Crippen LogP contribution in [0.25, 0.3) is 0 Å². The fraction of sp³-hybridized carbons (Fsp3) is 0.375. The number of nitrogens with zero attached hydrogens (tertiary/aromatic N) is 2. The number of aryl methyl sites for hydroxylation is 1. The van der Waals surface area contributed by atoms with Crippen molar-refractivity contribution in [2.24, 2.45) is 0 Å². The van der Waals surface area contributed by atoms with Crippen molar-refractivity contribution in [1.29, 1.82) is 0 Å². The van der Waals surface area contributed by atoms with E-state index in [-0.39, 0.29) is 12.5 Å². The number of para-hydroxylation sites is 1. The number of ether oxygens (including phenoxy) is 1. The lowest BCUT2D eigenvalue weighted by molar-refractivity contribution is 0.0818. The van der Waals surface area contributed by atoms with Gasteiger partial charge in [-0.3, -0.25) is 4.79 Å². The lowest BCUT2D eigenvalue weighted by atomic mass is 10.1. The van der Waals surface area contributed by atoms with E-state index >= 15 is 0 Å². The Bertz CT molecular complexity index is 588. The van der Waals surface area contributed by atoms with Crippen LogP contribution in [0.15, 0.2) is 30.3 Å². The van der Waals surface area contributed by atoms with Gasteiger partial charge in [0.2, 0.25) is 0 Å². The van der Waals surface area contributed by atoms with Crippen LogP contribution in [-0.2, 0) is 6.42 Å². The second-order valence-electron chi connectivity index (χ2n) is 4.81. The molecular weight excluding hydrogens is 252 g/mol. The maximum atomic E-state index is 12.2. The Morgan fingerprint density at radius 3 is 2.60 bits per heavy atom. The first kappa shape index (κ1) is 14.3. The first-order valence-corrected chi connectivity index (χ1v) is 6.89. The minimum absolute atomic E-state index is 0.00244. The molecule has 0 atom stereocenters. The third-order valence-electron chi connectivity index (χ3n) is 3.28. The van der Waals surface area contributed by atoms with Crippen LogP contribution in [0.5, 0.6) is 5.75 Å². The van der Waals surface area contributed by atoms with E-state index in [1.165, 1.54) is 10.2 Å². The fourth-order valence-electron chi connectivity index (χ4n) is 2.25. The summed E-state index contributed by atoms with van der Waals surface area (Å²) in [5.74, 6) is 0.549. The van der Waals surface area contributed by atoms with E-state index in [1.807, 2.05) is 44.2 Å². The Labute approximate surface area is 119 Å². The second-order valence-corrected chi connectivity index (χ2v) is 4.81. The number of carbonyl (C=O) groups is 1. The number of hydrogen-bond acceptors (Lipinski definition) is 3. The summed E-state index contributed by atoms with van der Waals surface area (Å²) in [4.78, 5) is 12.2. The zero-order chi connectivity index (χ0) is 14.5. The van der Waals surface area contributed by atoms with E-state index in [4.69, 9.17) is 4.74 Å². The van der Waals surface area contributed by atoms with Gasteiger partial charge in [0.05, 0.1) is 5.69 Å². The molecule has 0 aliphatic rings. The molecule has 1 aromatic heterocycles. The average Bonchev–Trinajstić information content (AvgIpc) is 2.74. The molecule has 0 saturated carbocycles. The summed E-state index contributed by atoms with van der Waals surface area (Å²) in [6, 6.07) is 9.33. The van der Waals surface area contributed by atoms with Gasteiger partial charge >= 0.3 is 0 Å². The molecule has 106 valence electrons. The molecule has 0 fully saturated rings. The van der Waals surface area contributed by atoms with Gasteiger partial charge in [0.25, 0.3) is 5.91 Å². The lowest BCUT2D eigenvalue weighted by Gasteiger charge is -2.06. The van der Waals surface area contributed by atoms with Gasteiger partial charge in [-0.1, -0.05) is 31.5 Å². The van der Waals surface area contributed by atoms with Crippen LogP contribution in [0.1, 0.15) is 35.1 Å². The average molecular weight is 272 g/mol. The van der Waals surface area contributed by atoms with Crippen LogP contribution in [0.3, 0.4) is 0 Å². The molecule has 0 unspecified atom stereocenters. The van der Waals surface area contributed by atoms with E-state index in [9.17, 15) is 4.79 Å². The summed E-state index contributed by atoms with van der Waals surface area (Å²) in [5, 5.41) is 4.33. The van der Waals surface area contributed by atoms with Gasteiger partial charge in [-0.05, 0) is 38.0 Å². The third-order valence-corrected chi connectivity index (χ3v) is 3.28. The van der Waals surface area contributed by atoms with Crippen LogP contribution in [0, 0.1) is 13.8 Å². The Balaban J connectivity index is 2.08. The largest absolute Gasteiger partial charge is 0.484 e. The predicted molar refractivity (Wildman–Crippen MR) is 78.3 cm³/mol. The standard InChI is InChI=1S/C16H20N2O2/c1-4-8-15-12(2)17-18(13(15)3)16(19)11-20-14-9-6-5-7-10-14/h5-7,9-10H,4,8,11H2,1-3H3. The van der Waals surface area contributed by atoms with Crippen LogP contribution in [0.2, 0.25) is 0 Å². The number of carbonyl (C=O) groups excluding carboxylic acids is 1. The van der Waals surface area contributed by atoms with E-state index in [0.29, 0.717) is 5.75 Å². The zero-order valence-electron chi connectivity index (χ0n) is 12.2. The van der Waals surface area contributed by atoms with Crippen molar-refractivity contribution >= 4 is 5.91 Å². The number of hydrogen-bond donors (Lipinski definition) is 0. The highest BCUT2D eigenvalue weighted by Gasteiger charge is 2.16. The third kappa shape index (κ3) is 3.07. The van der Waals surface area contributed by atoms with Gasteiger partial charge < -0.3 is 4.74 Å². The van der Waals surface area contributed by atoms with Crippen molar-refractivity contribution in [3.05, 3.63) is 47.3 Å². The van der Waals surface area contributed by atoms with Gasteiger partial charge in [0.1, 0.15) is 5.75 Å². The van der Waals surface area contributed by atoms with Gasteiger partial charge in [-0.25, -0.2) is 4.68 Å². The number of aromatic nitrogens is 2. The van der Waals surface area contributed by atoms with Crippen LogP contribution in [-0.4, -0.2) is 22.3 Å². The molecule has 0 saturated heterocycles. The zero-order valence-corrected chi connectivity index (χ0v) is 12.2.